The van der Waals surface area contributed by atoms with Crippen molar-refractivity contribution >= 4 is 22.6 Å². The number of hydrogen-bond acceptors (Lipinski definition) is 1. The van der Waals surface area contributed by atoms with Crippen molar-refractivity contribution in [3.63, 3.8) is 0 Å². The lowest BCUT2D eigenvalue weighted by Gasteiger charge is -2.21. The average molecular weight is 291 g/mol. The molecule has 108 valence electrons. The molecule has 2 nitrogen and oxygen atoms in total. The molecule has 1 atom stereocenters. The van der Waals surface area contributed by atoms with E-state index in [4.69, 9.17) is 16.6 Å². The molecule has 1 aliphatic carbocycles. The van der Waals surface area contributed by atoms with E-state index in [2.05, 4.69) is 29.7 Å². The zero-order valence-corrected chi connectivity index (χ0v) is 13.2. The van der Waals surface area contributed by atoms with Gasteiger partial charge in [-0.2, -0.15) is 0 Å². The maximum absolute atomic E-state index is 6.41. The fourth-order valence-corrected chi connectivity index (χ4v) is 3.66. The van der Waals surface area contributed by atoms with Gasteiger partial charge in [0.25, 0.3) is 0 Å². The molecule has 0 amide bonds. The molecule has 1 fully saturated rings. The summed E-state index contributed by atoms with van der Waals surface area (Å²) in [7, 11) is 0. The first-order valence-electron chi connectivity index (χ1n) is 7.80. The number of rotatable bonds is 2. The standard InChI is InChI=1S/C17H23ClN2/c1-12-8-7-11-15-16(12)20(17(19-15)13(2)18)14-9-5-3-4-6-10-14/h7-8,11,13-14H,3-6,9-10H2,1-2H3. The van der Waals surface area contributed by atoms with E-state index in [9.17, 15) is 0 Å². The topological polar surface area (TPSA) is 17.8 Å². The normalized spacial score (nSPS) is 19.1. The van der Waals surface area contributed by atoms with Gasteiger partial charge < -0.3 is 4.57 Å². The molecule has 1 aromatic carbocycles. The van der Waals surface area contributed by atoms with Crippen LogP contribution in [0.3, 0.4) is 0 Å². The minimum absolute atomic E-state index is 0.0370. The van der Waals surface area contributed by atoms with Crippen LogP contribution in [0.5, 0.6) is 0 Å². The van der Waals surface area contributed by atoms with Crippen LogP contribution in [0.25, 0.3) is 11.0 Å². The summed E-state index contributed by atoms with van der Waals surface area (Å²) in [5.74, 6) is 1.04. The molecule has 1 heterocycles. The van der Waals surface area contributed by atoms with Crippen molar-refractivity contribution in [1.29, 1.82) is 0 Å². The molecule has 2 aromatic rings. The molecule has 20 heavy (non-hydrogen) atoms. The Balaban J connectivity index is 2.17. The summed E-state index contributed by atoms with van der Waals surface area (Å²) in [5, 5.41) is -0.0370. The Morgan fingerprint density at radius 3 is 2.55 bits per heavy atom. The second kappa shape index (κ2) is 5.77. The van der Waals surface area contributed by atoms with E-state index in [0.717, 1.165) is 11.3 Å². The maximum Gasteiger partial charge on any atom is 0.127 e. The predicted molar refractivity (Wildman–Crippen MR) is 85.5 cm³/mol. The van der Waals surface area contributed by atoms with Gasteiger partial charge in [0.2, 0.25) is 0 Å². The molecular weight excluding hydrogens is 268 g/mol. The van der Waals surface area contributed by atoms with Gasteiger partial charge in [0.15, 0.2) is 0 Å². The fraction of sp³-hybridized carbons (Fsp3) is 0.588. The van der Waals surface area contributed by atoms with Gasteiger partial charge in [0.05, 0.1) is 16.4 Å². The van der Waals surface area contributed by atoms with Crippen molar-refractivity contribution in [1.82, 2.24) is 9.55 Å². The van der Waals surface area contributed by atoms with Crippen molar-refractivity contribution in [3.05, 3.63) is 29.6 Å². The van der Waals surface area contributed by atoms with E-state index in [-0.39, 0.29) is 5.38 Å². The highest BCUT2D eigenvalue weighted by Crippen LogP contribution is 2.35. The summed E-state index contributed by atoms with van der Waals surface area (Å²) in [6, 6.07) is 6.95. The number of nitrogens with zero attached hydrogens (tertiary/aromatic N) is 2. The molecule has 1 unspecified atom stereocenters. The van der Waals surface area contributed by atoms with E-state index in [1.165, 1.54) is 49.6 Å². The Labute approximate surface area is 126 Å². The van der Waals surface area contributed by atoms with Crippen molar-refractivity contribution in [3.8, 4) is 0 Å². The number of halogens is 1. The van der Waals surface area contributed by atoms with E-state index in [0.29, 0.717) is 6.04 Å². The van der Waals surface area contributed by atoms with Crippen molar-refractivity contribution in [2.45, 2.75) is 63.8 Å². The number of aryl methyl sites for hydroxylation is 1. The first-order valence-corrected chi connectivity index (χ1v) is 8.23. The molecule has 0 radical (unpaired) electrons. The van der Waals surface area contributed by atoms with E-state index in [1.54, 1.807) is 0 Å². The van der Waals surface area contributed by atoms with Crippen LogP contribution in [0, 0.1) is 6.92 Å². The molecule has 3 heteroatoms. The number of alkyl halides is 1. The molecule has 0 spiro atoms. The van der Waals surface area contributed by atoms with Crippen molar-refractivity contribution in [2.24, 2.45) is 0 Å². The lowest BCUT2D eigenvalue weighted by molar-refractivity contribution is 0.439. The minimum Gasteiger partial charge on any atom is -0.323 e. The Bertz CT molecular complexity index is 592. The number of benzene rings is 1. The lowest BCUT2D eigenvalue weighted by atomic mass is 10.1. The highest BCUT2D eigenvalue weighted by Gasteiger charge is 2.23. The molecule has 0 bridgehead atoms. The van der Waals surface area contributed by atoms with Crippen LogP contribution in [-0.4, -0.2) is 9.55 Å². The third-order valence-electron chi connectivity index (χ3n) is 4.48. The molecule has 0 aliphatic heterocycles. The van der Waals surface area contributed by atoms with Gasteiger partial charge in [-0.25, -0.2) is 4.98 Å². The largest absolute Gasteiger partial charge is 0.323 e. The van der Waals surface area contributed by atoms with Crippen LogP contribution < -0.4 is 0 Å². The predicted octanol–water partition coefficient (Wildman–Crippen LogP) is 5.54. The van der Waals surface area contributed by atoms with Gasteiger partial charge in [0.1, 0.15) is 5.82 Å². The third kappa shape index (κ3) is 2.46. The molecule has 0 N–H and O–H groups in total. The Morgan fingerprint density at radius 1 is 1.20 bits per heavy atom. The van der Waals surface area contributed by atoms with Crippen molar-refractivity contribution in [2.75, 3.05) is 0 Å². The fourth-order valence-electron chi connectivity index (χ4n) is 3.51. The second-order valence-corrected chi connectivity index (χ2v) is 6.70. The number of fused-ring (bicyclic) bond motifs is 1. The first-order chi connectivity index (χ1) is 9.68. The molecule has 0 saturated heterocycles. The number of para-hydroxylation sites is 1. The van der Waals surface area contributed by atoms with Crippen LogP contribution in [0.4, 0.5) is 0 Å². The Morgan fingerprint density at radius 2 is 1.90 bits per heavy atom. The highest BCUT2D eigenvalue weighted by atomic mass is 35.5. The van der Waals surface area contributed by atoms with Gasteiger partial charge >= 0.3 is 0 Å². The van der Waals surface area contributed by atoms with Gasteiger partial charge in [-0.3, -0.25) is 0 Å². The minimum atomic E-state index is -0.0370. The maximum atomic E-state index is 6.41. The Kier molecular flexibility index (Phi) is 4.02. The number of imidazole rings is 1. The molecular formula is C17H23ClN2. The highest BCUT2D eigenvalue weighted by molar-refractivity contribution is 6.20. The quantitative estimate of drug-likeness (QED) is 0.524. The average Bonchev–Trinajstić information content (AvgIpc) is 2.63. The lowest BCUT2D eigenvalue weighted by Crippen LogP contribution is -2.12. The number of hydrogen-bond donors (Lipinski definition) is 0. The van der Waals surface area contributed by atoms with E-state index < -0.39 is 0 Å². The van der Waals surface area contributed by atoms with E-state index in [1.807, 2.05) is 6.92 Å². The van der Waals surface area contributed by atoms with E-state index >= 15 is 0 Å². The summed E-state index contributed by atoms with van der Waals surface area (Å²) in [4.78, 5) is 4.81. The molecule has 3 rings (SSSR count). The summed E-state index contributed by atoms with van der Waals surface area (Å²) in [5.41, 5.74) is 3.70. The summed E-state index contributed by atoms with van der Waals surface area (Å²) < 4.78 is 2.45. The van der Waals surface area contributed by atoms with Gasteiger partial charge in [-0.1, -0.05) is 37.8 Å². The number of aromatic nitrogens is 2. The summed E-state index contributed by atoms with van der Waals surface area (Å²) >= 11 is 6.41. The van der Waals surface area contributed by atoms with Gasteiger partial charge in [-0.05, 0) is 38.3 Å². The summed E-state index contributed by atoms with van der Waals surface area (Å²) in [6.07, 6.45) is 7.91. The second-order valence-electron chi connectivity index (χ2n) is 6.04. The van der Waals surface area contributed by atoms with Gasteiger partial charge in [-0.15, -0.1) is 11.6 Å². The summed E-state index contributed by atoms with van der Waals surface area (Å²) in [6.45, 7) is 4.21. The first kappa shape index (κ1) is 13.9. The van der Waals surface area contributed by atoms with Crippen LogP contribution in [0.1, 0.15) is 68.3 Å². The molecule has 1 saturated carbocycles. The third-order valence-corrected chi connectivity index (χ3v) is 4.68. The van der Waals surface area contributed by atoms with Crippen LogP contribution in [-0.2, 0) is 0 Å². The SMILES string of the molecule is Cc1cccc2nc(C(C)Cl)n(C3CCCCCC3)c12. The Hall–Kier alpha value is -1.02. The molecule has 1 aromatic heterocycles. The van der Waals surface area contributed by atoms with Crippen LogP contribution in [0.2, 0.25) is 0 Å². The van der Waals surface area contributed by atoms with Crippen LogP contribution >= 0.6 is 11.6 Å². The zero-order valence-electron chi connectivity index (χ0n) is 12.4. The molecule has 1 aliphatic rings. The monoisotopic (exact) mass is 290 g/mol. The zero-order chi connectivity index (χ0) is 14.1. The van der Waals surface area contributed by atoms with Crippen molar-refractivity contribution < 1.29 is 0 Å². The van der Waals surface area contributed by atoms with Gasteiger partial charge in [0, 0.05) is 6.04 Å². The smallest absolute Gasteiger partial charge is 0.127 e. The van der Waals surface area contributed by atoms with Crippen LogP contribution in [0.15, 0.2) is 18.2 Å².